The second-order valence-electron chi connectivity index (χ2n) is 6.64. The first-order chi connectivity index (χ1) is 12.5. The van der Waals surface area contributed by atoms with Crippen molar-refractivity contribution in [2.45, 2.75) is 59.9 Å². The number of rotatable bonds is 9. The molecule has 0 saturated carbocycles. The Balaban J connectivity index is 0.00000364. The first-order valence-corrected chi connectivity index (χ1v) is 9.35. The highest BCUT2D eigenvalue weighted by Crippen LogP contribution is 2.09. The van der Waals surface area contributed by atoms with Gasteiger partial charge in [-0.15, -0.1) is 24.0 Å². The standard InChI is InChI=1S/C18H31N7O.HI/c1-6-19-18(20-9-7-11-25-15(5)12-14(4)23-25)21-10-8-16-22-17(13(2)3)24-26-16;/h12-13H,6-11H2,1-5H3,(H2,19,20,21);1H. The van der Waals surface area contributed by atoms with Gasteiger partial charge in [0.15, 0.2) is 11.8 Å². The zero-order valence-corrected chi connectivity index (χ0v) is 19.3. The molecule has 2 N–H and O–H groups in total. The molecule has 2 aromatic heterocycles. The first-order valence-electron chi connectivity index (χ1n) is 9.35. The zero-order valence-electron chi connectivity index (χ0n) is 16.9. The molecule has 2 rings (SSSR count). The minimum atomic E-state index is 0. The van der Waals surface area contributed by atoms with Crippen LogP contribution in [0.4, 0.5) is 0 Å². The van der Waals surface area contributed by atoms with Crippen LogP contribution in [0.15, 0.2) is 15.6 Å². The molecule has 0 radical (unpaired) electrons. The van der Waals surface area contributed by atoms with E-state index < -0.39 is 0 Å². The lowest BCUT2D eigenvalue weighted by Gasteiger charge is -2.10. The van der Waals surface area contributed by atoms with Crippen molar-refractivity contribution in [1.29, 1.82) is 0 Å². The van der Waals surface area contributed by atoms with Gasteiger partial charge in [0, 0.05) is 44.2 Å². The smallest absolute Gasteiger partial charge is 0.228 e. The highest BCUT2D eigenvalue weighted by Gasteiger charge is 2.09. The summed E-state index contributed by atoms with van der Waals surface area (Å²) in [6.07, 6.45) is 1.62. The van der Waals surface area contributed by atoms with Crippen molar-refractivity contribution in [2.24, 2.45) is 4.99 Å². The fourth-order valence-electron chi connectivity index (χ4n) is 2.55. The number of nitrogens with one attached hydrogen (secondary N) is 2. The van der Waals surface area contributed by atoms with Crippen LogP contribution in [0.1, 0.15) is 56.2 Å². The Hall–Kier alpha value is -1.65. The number of hydrogen-bond donors (Lipinski definition) is 2. The summed E-state index contributed by atoms with van der Waals surface area (Å²) in [7, 11) is 0. The first kappa shape index (κ1) is 23.4. The molecule has 27 heavy (non-hydrogen) atoms. The van der Waals surface area contributed by atoms with E-state index in [1.54, 1.807) is 0 Å². The number of aromatic nitrogens is 4. The van der Waals surface area contributed by atoms with Crippen LogP contribution in [0.2, 0.25) is 0 Å². The number of guanidine groups is 1. The average molecular weight is 489 g/mol. The van der Waals surface area contributed by atoms with Gasteiger partial charge in [0.1, 0.15) is 0 Å². The van der Waals surface area contributed by atoms with Crippen molar-refractivity contribution in [2.75, 3.05) is 19.6 Å². The van der Waals surface area contributed by atoms with Crippen LogP contribution >= 0.6 is 24.0 Å². The van der Waals surface area contributed by atoms with Gasteiger partial charge >= 0.3 is 0 Å². The van der Waals surface area contributed by atoms with Gasteiger partial charge in [-0.2, -0.15) is 10.1 Å². The Bertz CT molecular complexity index is 708. The van der Waals surface area contributed by atoms with E-state index in [1.807, 2.05) is 11.6 Å². The van der Waals surface area contributed by atoms with Crippen molar-refractivity contribution in [3.05, 3.63) is 29.2 Å². The van der Waals surface area contributed by atoms with Crippen molar-refractivity contribution < 1.29 is 4.52 Å². The lowest BCUT2D eigenvalue weighted by molar-refractivity contribution is 0.371. The number of aliphatic imine (C=N–C) groups is 1. The molecule has 0 fully saturated rings. The Morgan fingerprint density at radius 1 is 1.30 bits per heavy atom. The number of nitrogens with zero attached hydrogens (tertiary/aromatic N) is 5. The van der Waals surface area contributed by atoms with Crippen molar-refractivity contribution >= 4 is 29.9 Å². The molecule has 0 aliphatic heterocycles. The van der Waals surface area contributed by atoms with Gasteiger partial charge in [-0.3, -0.25) is 9.67 Å². The molecule has 0 aliphatic carbocycles. The molecule has 2 heterocycles. The maximum Gasteiger partial charge on any atom is 0.228 e. The molecule has 0 bridgehead atoms. The van der Waals surface area contributed by atoms with Crippen LogP contribution in [0, 0.1) is 13.8 Å². The predicted octanol–water partition coefficient (Wildman–Crippen LogP) is 2.81. The number of aryl methyl sites for hydroxylation is 3. The van der Waals surface area contributed by atoms with Crippen LogP contribution in [0.3, 0.4) is 0 Å². The van der Waals surface area contributed by atoms with E-state index in [4.69, 9.17) is 4.52 Å². The molecule has 0 aliphatic rings. The predicted molar refractivity (Wildman–Crippen MR) is 118 cm³/mol. The largest absolute Gasteiger partial charge is 0.357 e. The third-order valence-corrected chi connectivity index (χ3v) is 3.88. The van der Waals surface area contributed by atoms with Gasteiger partial charge in [0.05, 0.1) is 5.69 Å². The van der Waals surface area contributed by atoms with Crippen LogP contribution in [-0.2, 0) is 13.0 Å². The Labute approximate surface area is 178 Å². The maximum atomic E-state index is 5.26. The van der Waals surface area contributed by atoms with E-state index in [9.17, 15) is 0 Å². The van der Waals surface area contributed by atoms with Gasteiger partial charge in [-0.25, -0.2) is 0 Å². The molecule has 2 aromatic rings. The number of hydrogen-bond acceptors (Lipinski definition) is 5. The maximum absolute atomic E-state index is 5.26. The van der Waals surface area contributed by atoms with E-state index >= 15 is 0 Å². The fraction of sp³-hybridized carbons (Fsp3) is 0.667. The summed E-state index contributed by atoms with van der Waals surface area (Å²) in [5.74, 6) is 2.50. The summed E-state index contributed by atoms with van der Waals surface area (Å²) in [4.78, 5) is 9.00. The van der Waals surface area contributed by atoms with Crippen molar-refractivity contribution in [3.8, 4) is 0 Å². The summed E-state index contributed by atoms with van der Waals surface area (Å²) in [6.45, 7) is 13.4. The summed E-state index contributed by atoms with van der Waals surface area (Å²) >= 11 is 0. The van der Waals surface area contributed by atoms with Crippen LogP contribution in [0.25, 0.3) is 0 Å². The van der Waals surface area contributed by atoms with E-state index in [0.717, 1.165) is 43.5 Å². The van der Waals surface area contributed by atoms with Gasteiger partial charge in [-0.1, -0.05) is 19.0 Å². The Morgan fingerprint density at radius 2 is 2.07 bits per heavy atom. The third-order valence-electron chi connectivity index (χ3n) is 3.88. The zero-order chi connectivity index (χ0) is 18.9. The Kier molecular flexibility index (Phi) is 10.3. The summed E-state index contributed by atoms with van der Waals surface area (Å²) in [6, 6.07) is 2.09. The topological polar surface area (TPSA) is 93.2 Å². The molecule has 0 atom stereocenters. The fourth-order valence-corrected chi connectivity index (χ4v) is 2.55. The quantitative estimate of drug-likeness (QED) is 0.244. The molecule has 0 unspecified atom stereocenters. The summed E-state index contributed by atoms with van der Waals surface area (Å²) < 4.78 is 7.29. The summed E-state index contributed by atoms with van der Waals surface area (Å²) in [5.41, 5.74) is 2.25. The molecule has 9 heteroatoms. The normalized spacial score (nSPS) is 11.6. The minimum Gasteiger partial charge on any atom is -0.357 e. The molecule has 0 saturated heterocycles. The molecular weight excluding hydrogens is 457 g/mol. The molecule has 0 spiro atoms. The average Bonchev–Trinajstić information content (AvgIpc) is 3.18. The van der Waals surface area contributed by atoms with E-state index in [2.05, 4.69) is 64.6 Å². The second kappa shape index (κ2) is 11.9. The molecule has 152 valence electrons. The highest BCUT2D eigenvalue weighted by molar-refractivity contribution is 14.0. The molecule has 8 nitrogen and oxygen atoms in total. The molecule has 0 amide bonds. The SMILES string of the molecule is CCNC(=NCCCn1nc(C)cc1C)NCCc1nc(C(C)C)no1.I. The monoisotopic (exact) mass is 489 g/mol. The van der Waals surface area contributed by atoms with E-state index in [1.165, 1.54) is 5.69 Å². The highest BCUT2D eigenvalue weighted by atomic mass is 127. The summed E-state index contributed by atoms with van der Waals surface area (Å²) in [5, 5.41) is 15.0. The second-order valence-corrected chi connectivity index (χ2v) is 6.64. The van der Waals surface area contributed by atoms with Crippen molar-refractivity contribution in [1.82, 2.24) is 30.6 Å². The van der Waals surface area contributed by atoms with Gasteiger partial charge < -0.3 is 15.2 Å². The number of halogens is 1. The van der Waals surface area contributed by atoms with Gasteiger partial charge in [0.25, 0.3) is 0 Å². The lowest BCUT2D eigenvalue weighted by Crippen LogP contribution is -2.38. The van der Waals surface area contributed by atoms with Crippen molar-refractivity contribution in [3.63, 3.8) is 0 Å². The third kappa shape index (κ3) is 7.86. The van der Waals surface area contributed by atoms with Crippen LogP contribution in [0.5, 0.6) is 0 Å². The van der Waals surface area contributed by atoms with Gasteiger partial charge in [-0.05, 0) is 33.3 Å². The van der Waals surface area contributed by atoms with Crippen LogP contribution in [-0.4, -0.2) is 45.5 Å². The van der Waals surface area contributed by atoms with Gasteiger partial charge in [0.2, 0.25) is 5.89 Å². The molecular formula is C18H32IN7O. The van der Waals surface area contributed by atoms with E-state index in [-0.39, 0.29) is 29.9 Å². The van der Waals surface area contributed by atoms with E-state index in [0.29, 0.717) is 18.9 Å². The van der Waals surface area contributed by atoms with Crippen LogP contribution < -0.4 is 10.6 Å². The lowest BCUT2D eigenvalue weighted by atomic mass is 10.2. The molecule has 0 aromatic carbocycles. The minimum absolute atomic E-state index is 0. The Morgan fingerprint density at radius 3 is 2.67 bits per heavy atom.